The smallest absolute Gasteiger partial charge is 0.336 e. The van der Waals surface area contributed by atoms with Gasteiger partial charge >= 0.3 is 5.97 Å². The number of hydrogen-bond acceptors (Lipinski definition) is 2. The van der Waals surface area contributed by atoms with Gasteiger partial charge in [-0.1, -0.05) is 0 Å². The van der Waals surface area contributed by atoms with E-state index in [2.05, 4.69) is 0 Å². The number of carboxylic acids is 1. The molecule has 0 unspecified atom stereocenters. The fourth-order valence-electron chi connectivity index (χ4n) is 1.54. The first kappa shape index (κ1) is 10.6. The molecule has 0 spiro atoms. The normalized spacial score (nSPS) is 10.0. The Hall–Kier alpha value is -1.51. The minimum atomic E-state index is -0.856. The van der Waals surface area contributed by atoms with Crippen LogP contribution in [0.5, 0.6) is 0 Å². The number of aromatic carboxylic acids is 1. The first-order valence-corrected chi connectivity index (χ1v) is 4.45. The summed E-state index contributed by atoms with van der Waals surface area (Å²) in [5.74, 6) is -0.856. The van der Waals surface area contributed by atoms with Crippen molar-refractivity contribution in [1.82, 2.24) is 0 Å². The largest absolute Gasteiger partial charge is 0.478 e. The molecule has 0 aliphatic carbocycles. The summed E-state index contributed by atoms with van der Waals surface area (Å²) in [6, 6.07) is 3.77. The number of aryl methyl sites for hydroxylation is 2. The van der Waals surface area contributed by atoms with Crippen LogP contribution in [0.25, 0.3) is 0 Å². The van der Waals surface area contributed by atoms with Crippen molar-refractivity contribution < 1.29 is 9.90 Å². The molecule has 0 radical (unpaired) electrons. The van der Waals surface area contributed by atoms with Gasteiger partial charge in [0.2, 0.25) is 0 Å². The average molecular weight is 193 g/mol. The standard InChI is InChI=1S/C11H15NO2/c1-7-5-9(12(3)4)6-8(2)10(7)11(13)14/h5-6H,1-4H3,(H,13,14). The lowest BCUT2D eigenvalue weighted by molar-refractivity contribution is 0.0695. The SMILES string of the molecule is Cc1cc(N(C)C)cc(C)c1C(=O)O. The Bertz CT molecular complexity index is 347. The molecule has 0 amide bonds. The van der Waals surface area contributed by atoms with Gasteiger partial charge in [0.05, 0.1) is 5.56 Å². The van der Waals surface area contributed by atoms with Crippen LogP contribution in [0.2, 0.25) is 0 Å². The van der Waals surface area contributed by atoms with E-state index in [4.69, 9.17) is 5.11 Å². The molecule has 0 saturated heterocycles. The lowest BCUT2D eigenvalue weighted by atomic mass is 10.0. The van der Waals surface area contributed by atoms with Gasteiger partial charge in [0, 0.05) is 19.8 Å². The highest BCUT2D eigenvalue weighted by molar-refractivity contribution is 5.91. The fraction of sp³-hybridized carbons (Fsp3) is 0.364. The van der Waals surface area contributed by atoms with Crippen LogP contribution < -0.4 is 4.90 Å². The van der Waals surface area contributed by atoms with E-state index in [1.807, 2.05) is 45.0 Å². The number of anilines is 1. The van der Waals surface area contributed by atoms with Crippen LogP contribution in [0, 0.1) is 13.8 Å². The third-order valence-electron chi connectivity index (χ3n) is 2.25. The molecule has 14 heavy (non-hydrogen) atoms. The highest BCUT2D eigenvalue weighted by atomic mass is 16.4. The van der Waals surface area contributed by atoms with Crippen molar-refractivity contribution in [2.75, 3.05) is 19.0 Å². The van der Waals surface area contributed by atoms with Crippen molar-refractivity contribution in [3.63, 3.8) is 0 Å². The first-order valence-electron chi connectivity index (χ1n) is 4.45. The molecule has 1 aromatic carbocycles. The summed E-state index contributed by atoms with van der Waals surface area (Å²) in [7, 11) is 3.88. The number of rotatable bonds is 2. The molecule has 0 bridgehead atoms. The van der Waals surface area contributed by atoms with E-state index in [-0.39, 0.29) is 0 Å². The number of carboxylic acid groups (broad SMARTS) is 1. The average Bonchev–Trinajstić information content (AvgIpc) is 2.01. The summed E-state index contributed by atoms with van der Waals surface area (Å²) in [5, 5.41) is 8.96. The van der Waals surface area contributed by atoms with Crippen LogP contribution in [0.3, 0.4) is 0 Å². The van der Waals surface area contributed by atoms with Gasteiger partial charge < -0.3 is 10.0 Å². The van der Waals surface area contributed by atoms with Crippen molar-refractivity contribution in [3.8, 4) is 0 Å². The molecule has 0 atom stereocenters. The van der Waals surface area contributed by atoms with E-state index in [1.54, 1.807) is 0 Å². The maximum atomic E-state index is 10.9. The van der Waals surface area contributed by atoms with E-state index < -0.39 is 5.97 Å². The zero-order valence-electron chi connectivity index (χ0n) is 8.96. The quantitative estimate of drug-likeness (QED) is 0.781. The summed E-state index contributed by atoms with van der Waals surface area (Å²) in [4.78, 5) is 12.9. The number of nitrogens with zero attached hydrogens (tertiary/aromatic N) is 1. The Morgan fingerprint density at radius 2 is 1.64 bits per heavy atom. The molecule has 0 heterocycles. The summed E-state index contributed by atoms with van der Waals surface area (Å²) in [5.41, 5.74) is 3.06. The van der Waals surface area contributed by atoms with Crippen LogP contribution in [0.4, 0.5) is 5.69 Å². The van der Waals surface area contributed by atoms with Gasteiger partial charge in [-0.05, 0) is 37.1 Å². The monoisotopic (exact) mass is 193 g/mol. The molecule has 1 N–H and O–H groups in total. The molecule has 1 aromatic rings. The third-order valence-corrected chi connectivity index (χ3v) is 2.25. The minimum absolute atomic E-state index is 0.413. The second-order valence-electron chi connectivity index (χ2n) is 3.65. The van der Waals surface area contributed by atoms with Gasteiger partial charge in [0.1, 0.15) is 0 Å². The van der Waals surface area contributed by atoms with Crippen LogP contribution in [0.15, 0.2) is 12.1 Å². The van der Waals surface area contributed by atoms with Crippen molar-refractivity contribution in [3.05, 3.63) is 28.8 Å². The van der Waals surface area contributed by atoms with Crippen LogP contribution in [0.1, 0.15) is 21.5 Å². The molecule has 0 fully saturated rings. The molecule has 1 rings (SSSR count). The molecule has 0 aromatic heterocycles. The molecule has 3 heteroatoms. The second kappa shape index (κ2) is 3.70. The van der Waals surface area contributed by atoms with E-state index in [9.17, 15) is 4.79 Å². The maximum Gasteiger partial charge on any atom is 0.336 e. The number of hydrogen-bond donors (Lipinski definition) is 1. The second-order valence-corrected chi connectivity index (χ2v) is 3.65. The van der Waals surface area contributed by atoms with Gasteiger partial charge in [0.15, 0.2) is 0 Å². The Balaban J connectivity index is 3.32. The van der Waals surface area contributed by atoms with Gasteiger partial charge in [-0.25, -0.2) is 4.79 Å². The maximum absolute atomic E-state index is 10.9. The van der Waals surface area contributed by atoms with E-state index in [1.165, 1.54) is 0 Å². The van der Waals surface area contributed by atoms with Crippen molar-refractivity contribution in [2.45, 2.75) is 13.8 Å². The predicted octanol–water partition coefficient (Wildman–Crippen LogP) is 2.07. The number of carbonyl (C=O) groups is 1. The Kier molecular flexibility index (Phi) is 2.79. The molecule has 0 aliphatic rings. The van der Waals surface area contributed by atoms with Crippen LogP contribution in [-0.4, -0.2) is 25.2 Å². The van der Waals surface area contributed by atoms with Gasteiger partial charge in [-0.3, -0.25) is 0 Å². The molecular weight excluding hydrogens is 178 g/mol. The Labute approximate surface area is 84.0 Å². The highest BCUT2D eigenvalue weighted by Gasteiger charge is 2.12. The lowest BCUT2D eigenvalue weighted by Crippen LogP contribution is -2.11. The highest BCUT2D eigenvalue weighted by Crippen LogP contribution is 2.21. The molecule has 0 aliphatic heterocycles. The number of benzene rings is 1. The van der Waals surface area contributed by atoms with E-state index >= 15 is 0 Å². The summed E-state index contributed by atoms with van der Waals surface area (Å²) < 4.78 is 0. The minimum Gasteiger partial charge on any atom is -0.478 e. The zero-order valence-corrected chi connectivity index (χ0v) is 8.96. The van der Waals surface area contributed by atoms with Gasteiger partial charge in [0.25, 0.3) is 0 Å². The van der Waals surface area contributed by atoms with Crippen LogP contribution in [-0.2, 0) is 0 Å². The fourth-order valence-corrected chi connectivity index (χ4v) is 1.54. The molecule has 76 valence electrons. The van der Waals surface area contributed by atoms with Crippen molar-refractivity contribution in [1.29, 1.82) is 0 Å². The lowest BCUT2D eigenvalue weighted by Gasteiger charge is -2.15. The van der Waals surface area contributed by atoms with E-state index in [0.717, 1.165) is 16.8 Å². The van der Waals surface area contributed by atoms with Crippen molar-refractivity contribution in [2.24, 2.45) is 0 Å². The Morgan fingerprint density at radius 1 is 1.21 bits per heavy atom. The molecule has 3 nitrogen and oxygen atoms in total. The van der Waals surface area contributed by atoms with Gasteiger partial charge in [-0.2, -0.15) is 0 Å². The van der Waals surface area contributed by atoms with E-state index in [0.29, 0.717) is 5.56 Å². The van der Waals surface area contributed by atoms with Gasteiger partial charge in [-0.15, -0.1) is 0 Å². The van der Waals surface area contributed by atoms with Crippen LogP contribution >= 0.6 is 0 Å². The predicted molar refractivity (Wildman–Crippen MR) is 57.2 cm³/mol. The summed E-state index contributed by atoms with van der Waals surface area (Å²) >= 11 is 0. The van der Waals surface area contributed by atoms with Crippen molar-refractivity contribution >= 4 is 11.7 Å². The molecular formula is C11H15NO2. The molecule has 0 saturated carbocycles. The first-order chi connectivity index (χ1) is 6.43. The third kappa shape index (κ3) is 1.87. The summed E-state index contributed by atoms with van der Waals surface area (Å²) in [6.45, 7) is 3.65. The zero-order chi connectivity index (χ0) is 10.9. The Morgan fingerprint density at radius 3 is 1.93 bits per heavy atom. The summed E-state index contributed by atoms with van der Waals surface area (Å²) in [6.07, 6.45) is 0. The topological polar surface area (TPSA) is 40.5 Å².